The molecule has 0 saturated heterocycles. The molecule has 0 aromatic rings. The van der Waals surface area contributed by atoms with Crippen molar-refractivity contribution >= 4 is 11.8 Å². The third-order valence-electron chi connectivity index (χ3n) is 0.514. The van der Waals surface area contributed by atoms with Gasteiger partial charge in [0, 0.05) is 5.75 Å². The minimum Gasteiger partial charge on any atom is -0.315 e. The van der Waals surface area contributed by atoms with E-state index in [0.29, 0.717) is 0 Å². The first-order valence-electron chi connectivity index (χ1n) is 2.36. The topological polar surface area (TPSA) is 52.0 Å². The van der Waals surface area contributed by atoms with Gasteiger partial charge in [0.05, 0.1) is 6.17 Å². The molecule has 0 rings (SSSR count). The average molecular weight is 120 g/mol. The van der Waals surface area contributed by atoms with Gasteiger partial charge in [0.2, 0.25) is 0 Å². The molecule has 2 nitrogen and oxygen atoms in total. The molecule has 0 atom stereocenters. The standard InChI is InChI=1S/C4H12N2S/c1-2-7-3-4(5)6/h4H,2-3,5-6H2,1H3. The summed E-state index contributed by atoms with van der Waals surface area (Å²) < 4.78 is 0. The van der Waals surface area contributed by atoms with E-state index in [1.807, 2.05) is 0 Å². The summed E-state index contributed by atoms with van der Waals surface area (Å²) in [5.74, 6) is 1.97. The monoisotopic (exact) mass is 120 g/mol. The number of thioether (sulfide) groups is 1. The van der Waals surface area contributed by atoms with Crippen molar-refractivity contribution in [2.75, 3.05) is 11.5 Å². The quantitative estimate of drug-likeness (QED) is 0.515. The third-order valence-corrected chi connectivity index (χ3v) is 1.54. The lowest BCUT2D eigenvalue weighted by atomic mass is 10.7. The van der Waals surface area contributed by atoms with Gasteiger partial charge in [-0.1, -0.05) is 6.92 Å². The second-order valence-corrected chi connectivity index (χ2v) is 2.64. The normalized spacial score (nSPS) is 10.3. The van der Waals surface area contributed by atoms with Gasteiger partial charge in [-0.05, 0) is 5.75 Å². The zero-order valence-electron chi connectivity index (χ0n) is 4.55. The first-order chi connectivity index (χ1) is 3.27. The molecule has 0 spiro atoms. The lowest BCUT2D eigenvalue weighted by molar-refractivity contribution is 0.803. The summed E-state index contributed by atoms with van der Waals surface area (Å²) in [5.41, 5.74) is 10.5. The van der Waals surface area contributed by atoms with Gasteiger partial charge in [-0.3, -0.25) is 0 Å². The van der Waals surface area contributed by atoms with Crippen LogP contribution in [0.25, 0.3) is 0 Å². The highest BCUT2D eigenvalue weighted by molar-refractivity contribution is 7.99. The number of hydrogen-bond acceptors (Lipinski definition) is 3. The lowest BCUT2D eigenvalue weighted by Crippen LogP contribution is -2.32. The molecule has 0 aliphatic carbocycles. The summed E-state index contributed by atoms with van der Waals surface area (Å²) in [6, 6.07) is 0. The van der Waals surface area contributed by atoms with Crippen molar-refractivity contribution < 1.29 is 0 Å². The van der Waals surface area contributed by atoms with E-state index in [9.17, 15) is 0 Å². The molecule has 3 heteroatoms. The molecule has 0 heterocycles. The number of hydrogen-bond donors (Lipinski definition) is 2. The van der Waals surface area contributed by atoms with Crippen LogP contribution in [-0.4, -0.2) is 17.7 Å². The molecule has 0 aromatic carbocycles. The van der Waals surface area contributed by atoms with Crippen LogP contribution in [-0.2, 0) is 0 Å². The molecule has 0 fully saturated rings. The smallest absolute Gasteiger partial charge is 0.0614 e. The fourth-order valence-electron chi connectivity index (χ4n) is 0.254. The molecule has 0 bridgehead atoms. The van der Waals surface area contributed by atoms with E-state index >= 15 is 0 Å². The SMILES string of the molecule is CCSCC(N)N. The van der Waals surface area contributed by atoms with E-state index < -0.39 is 0 Å². The molecule has 0 aliphatic rings. The molecular formula is C4H12N2S. The van der Waals surface area contributed by atoms with E-state index in [1.165, 1.54) is 0 Å². The minimum absolute atomic E-state index is 0.134. The summed E-state index contributed by atoms with van der Waals surface area (Å²) in [4.78, 5) is 0. The van der Waals surface area contributed by atoms with Gasteiger partial charge >= 0.3 is 0 Å². The van der Waals surface area contributed by atoms with E-state index in [2.05, 4.69) is 6.92 Å². The predicted octanol–water partition coefficient (Wildman–Crippen LogP) is -0.0170. The maximum atomic E-state index is 5.24. The van der Waals surface area contributed by atoms with E-state index in [4.69, 9.17) is 11.5 Å². The molecule has 44 valence electrons. The summed E-state index contributed by atoms with van der Waals surface area (Å²) >= 11 is 1.77. The van der Waals surface area contributed by atoms with E-state index in [1.54, 1.807) is 11.8 Å². The van der Waals surface area contributed by atoms with Gasteiger partial charge in [-0.25, -0.2) is 0 Å². The molecule has 0 unspecified atom stereocenters. The van der Waals surface area contributed by atoms with Crippen molar-refractivity contribution in [2.24, 2.45) is 11.5 Å². The maximum Gasteiger partial charge on any atom is 0.0614 e. The van der Waals surface area contributed by atoms with Crippen molar-refractivity contribution in [3.05, 3.63) is 0 Å². The minimum atomic E-state index is -0.134. The Morgan fingerprint density at radius 3 is 2.29 bits per heavy atom. The zero-order valence-corrected chi connectivity index (χ0v) is 5.37. The third kappa shape index (κ3) is 6.27. The number of nitrogens with two attached hydrogens (primary N) is 2. The van der Waals surface area contributed by atoms with Crippen molar-refractivity contribution in [1.82, 2.24) is 0 Å². The number of rotatable bonds is 3. The Bertz CT molecular complexity index is 38.7. The van der Waals surface area contributed by atoms with Crippen LogP contribution in [0.4, 0.5) is 0 Å². The van der Waals surface area contributed by atoms with Crippen LogP contribution in [0.3, 0.4) is 0 Å². The van der Waals surface area contributed by atoms with Gasteiger partial charge in [-0.15, -0.1) is 0 Å². The molecular weight excluding hydrogens is 108 g/mol. The van der Waals surface area contributed by atoms with Gasteiger partial charge in [0.1, 0.15) is 0 Å². The molecule has 7 heavy (non-hydrogen) atoms. The van der Waals surface area contributed by atoms with E-state index in [0.717, 1.165) is 11.5 Å². The Balaban J connectivity index is 2.68. The largest absolute Gasteiger partial charge is 0.315 e. The summed E-state index contributed by atoms with van der Waals surface area (Å²) in [7, 11) is 0. The van der Waals surface area contributed by atoms with Crippen LogP contribution in [0.1, 0.15) is 6.92 Å². The lowest BCUT2D eigenvalue weighted by Gasteiger charge is -1.99. The van der Waals surface area contributed by atoms with Gasteiger partial charge in [0.25, 0.3) is 0 Å². The van der Waals surface area contributed by atoms with Gasteiger partial charge < -0.3 is 11.5 Å². The summed E-state index contributed by atoms with van der Waals surface area (Å²) in [6.07, 6.45) is -0.134. The van der Waals surface area contributed by atoms with Crippen LogP contribution in [0, 0.1) is 0 Å². The highest BCUT2D eigenvalue weighted by atomic mass is 32.2. The first-order valence-corrected chi connectivity index (χ1v) is 3.51. The van der Waals surface area contributed by atoms with E-state index in [-0.39, 0.29) is 6.17 Å². The zero-order chi connectivity index (χ0) is 5.70. The van der Waals surface area contributed by atoms with Crippen LogP contribution in [0.2, 0.25) is 0 Å². The van der Waals surface area contributed by atoms with Gasteiger partial charge in [-0.2, -0.15) is 11.8 Å². The average Bonchev–Trinajstić information content (AvgIpc) is 1.61. The van der Waals surface area contributed by atoms with Gasteiger partial charge in [0.15, 0.2) is 0 Å². The second-order valence-electron chi connectivity index (χ2n) is 1.32. The predicted molar refractivity (Wildman–Crippen MR) is 35.2 cm³/mol. The Kier molecular flexibility index (Phi) is 4.60. The Labute approximate surface area is 48.6 Å². The summed E-state index contributed by atoms with van der Waals surface area (Å²) in [5, 5.41) is 0. The summed E-state index contributed by atoms with van der Waals surface area (Å²) in [6.45, 7) is 2.09. The second kappa shape index (κ2) is 4.43. The molecule has 0 amide bonds. The van der Waals surface area contributed by atoms with Crippen LogP contribution in [0.5, 0.6) is 0 Å². The molecule has 0 saturated carbocycles. The Hall–Kier alpha value is 0.270. The van der Waals surface area contributed by atoms with Crippen molar-refractivity contribution in [2.45, 2.75) is 13.1 Å². The van der Waals surface area contributed by atoms with Crippen molar-refractivity contribution in [3.8, 4) is 0 Å². The first kappa shape index (κ1) is 7.27. The Morgan fingerprint density at radius 1 is 1.57 bits per heavy atom. The highest BCUT2D eigenvalue weighted by Gasteiger charge is 1.88. The van der Waals surface area contributed by atoms with Crippen molar-refractivity contribution in [3.63, 3.8) is 0 Å². The molecule has 0 radical (unpaired) electrons. The van der Waals surface area contributed by atoms with Crippen molar-refractivity contribution in [1.29, 1.82) is 0 Å². The van der Waals surface area contributed by atoms with Crippen LogP contribution >= 0.6 is 11.8 Å². The van der Waals surface area contributed by atoms with Crippen LogP contribution in [0.15, 0.2) is 0 Å². The molecule has 4 N–H and O–H groups in total. The fraction of sp³-hybridized carbons (Fsp3) is 1.00. The maximum absolute atomic E-state index is 5.24. The van der Waals surface area contributed by atoms with Crippen LogP contribution < -0.4 is 11.5 Å². The highest BCUT2D eigenvalue weighted by Crippen LogP contribution is 1.95. The fourth-order valence-corrected chi connectivity index (χ4v) is 0.762. The molecule has 0 aromatic heterocycles. The Morgan fingerprint density at radius 2 is 2.14 bits per heavy atom. The molecule has 0 aliphatic heterocycles.